The van der Waals surface area contributed by atoms with Crippen molar-refractivity contribution in [1.82, 2.24) is 29.5 Å². The maximum absolute atomic E-state index is 4.64. The highest BCUT2D eigenvalue weighted by Crippen LogP contribution is 2.18. The van der Waals surface area contributed by atoms with E-state index in [1.54, 1.807) is 0 Å². The van der Waals surface area contributed by atoms with Gasteiger partial charge in [-0.05, 0) is 25.0 Å². The molecule has 0 amide bonds. The van der Waals surface area contributed by atoms with Crippen LogP contribution in [0.2, 0.25) is 0 Å². The van der Waals surface area contributed by atoms with E-state index in [9.17, 15) is 0 Å². The van der Waals surface area contributed by atoms with E-state index in [0.29, 0.717) is 5.92 Å². The van der Waals surface area contributed by atoms with Gasteiger partial charge in [0, 0.05) is 52.5 Å². The predicted octanol–water partition coefficient (Wildman–Crippen LogP) is 3.53. The van der Waals surface area contributed by atoms with Crippen LogP contribution in [-0.2, 0) is 20.1 Å². The van der Waals surface area contributed by atoms with Crippen LogP contribution < -0.4 is 5.32 Å². The molecule has 29 heavy (non-hydrogen) atoms. The lowest BCUT2D eigenvalue weighted by molar-refractivity contribution is 0.470. The summed E-state index contributed by atoms with van der Waals surface area (Å²) in [5.41, 5.74) is 4.59. The van der Waals surface area contributed by atoms with Gasteiger partial charge in [0.1, 0.15) is 5.82 Å². The molecule has 8 heteroatoms. The molecule has 0 fully saturated rings. The highest BCUT2D eigenvalue weighted by atomic mass is 127. The standard InChI is InChI=1S/C21H31N7.HI/c1-15(2)20-17(14-27(6)25-20)13-26(5)21(22-4)23-11-12-28-16(3)24-18-9-7-8-10-19(18)28;/h7-10,14-15H,11-13H2,1-6H3,(H,22,23);1H. The van der Waals surface area contributed by atoms with Crippen molar-refractivity contribution >= 4 is 41.0 Å². The van der Waals surface area contributed by atoms with Crippen molar-refractivity contribution < 1.29 is 0 Å². The molecule has 0 bridgehead atoms. The Morgan fingerprint density at radius 3 is 2.69 bits per heavy atom. The van der Waals surface area contributed by atoms with Crippen molar-refractivity contribution in [3.63, 3.8) is 0 Å². The third-order valence-corrected chi connectivity index (χ3v) is 4.93. The number of fused-ring (bicyclic) bond motifs is 1. The molecule has 0 atom stereocenters. The number of para-hydroxylation sites is 2. The molecule has 158 valence electrons. The van der Waals surface area contributed by atoms with E-state index >= 15 is 0 Å². The topological polar surface area (TPSA) is 63.3 Å². The molecule has 7 nitrogen and oxygen atoms in total. The highest BCUT2D eigenvalue weighted by molar-refractivity contribution is 14.0. The summed E-state index contributed by atoms with van der Waals surface area (Å²) in [4.78, 5) is 11.2. The van der Waals surface area contributed by atoms with E-state index in [1.807, 2.05) is 24.8 Å². The Morgan fingerprint density at radius 1 is 1.28 bits per heavy atom. The summed E-state index contributed by atoms with van der Waals surface area (Å²) in [5, 5.41) is 8.08. The minimum Gasteiger partial charge on any atom is -0.354 e. The van der Waals surface area contributed by atoms with Crippen LogP contribution in [0, 0.1) is 6.92 Å². The molecule has 1 N–H and O–H groups in total. The number of rotatable bonds is 6. The molecule has 0 spiro atoms. The first kappa shape index (κ1) is 23.2. The van der Waals surface area contributed by atoms with Crippen LogP contribution in [0.5, 0.6) is 0 Å². The van der Waals surface area contributed by atoms with Gasteiger partial charge < -0.3 is 14.8 Å². The van der Waals surface area contributed by atoms with Crippen LogP contribution in [0.15, 0.2) is 35.5 Å². The average molecular weight is 509 g/mol. The predicted molar refractivity (Wildman–Crippen MR) is 130 cm³/mol. The molecule has 0 aliphatic heterocycles. The fourth-order valence-corrected chi connectivity index (χ4v) is 3.64. The Balaban J connectivity index is 0.00000300. The highest BCUT2D eigenvalue weighted by Gasteiger charge is 2.15. The Labute approximate surface area is 190 Å². The molecule has 0 saturated carbocycles. The van der Waals surface area contributed by atoms with Gasteiger partial charge in [-0.2, -0.15) is 5.10 Å². The van der Waals surface area contributed by atoms with Crippen LogP contribution in [0.4, 0.5) is 0 Å². The Hall–Kier alpha value is -2.10. The number of aliphatic imine (C=N–C) groups is 1. The summed E-state index contributed by atoms with van der Waals surface area (Å²) in [5.74, 6) is 2.31. The monoisotopic (exact) mass is 509 g/mol. The van der Waals surface area contributed by atoms with E-state index < -0.39 is 0 Å². The van der Waals surface area contributed by atoms with Crippen LogP contribution in [-0.4, -0.2) is 50.8 Å². The van der Waals surface area contributed by atoms with Gasteiger partial charge in [-0.15, -0.1) is 24.0 Å². The van der Waals surface area contributed by atoms with Crippen molar-refractivity contribution in [2.75, 3.05) is 20.6 Å². The second-order valence-corrected chi connectivity index (χ2v) is 7.50. The summed E-state index contributed by atoms with van der Waals surface area (Å²) in [6, 6.07) is 8.25. The van der Waals surface area contributed by atoms with Gasteiger partial charge in [-0.3, -0.25) is 9.67 Å². The first-order valence-electron chi connectivity index (χ1n) is 9.76. The van der Waals surface area contributed by atoms with Gasteiger partial charge in [-0.1, -0.05) is 26.0 Å². The molecule has 0 radical (unpaired) electrons. The fourth-order valence-electron chi connectivity index (χ4n) is 3.64. The molecule has 3 rings (SSSR count). The maximum Gasteiger partial charge on any atom is 0.193 e. The van der Waals surface area contributed by atoms with Gasteiger partial charge >= 0.3 is 0 Å². The van der Waals surface area contributed by atoms with Crippen molar-refractivity contribution in [2.24, 2.45) is 12.0 Å². The number of nitrogens with zero attached hydrogens (tertiary/aromatic N) is 6. The molecule has 0 unspecified atom stereocenters. The molecule has 2 aromatic heterocycles. The largest absolute Gasteiger partial charge is 0.354 e. The number of aryl methyl sites for hydroxylation is 2. The van der Waals surface area contributed by atoms with Crippen LogP contribution >= 0.6 is 24.0 Å². The summed E-state index contributed by atoms with van der Waals surface area (Å²) in [6.07, 6.45) is 2.10. The Morgan fingerprint density at radius 2 is 2.00 bits per heavy atom. The van der Waals surface area contributed by atoms with E-state index in [0.717, 1.165) is 42.6 Å². The lowest BCUT2D eigenvalue weighted by Gasteiger charge is -2.22. The lowest BCUT2D eigenvalue weighted by Crippen LogP contribution is -2.40. The van der Waals surface area contributed by atoms with Crippen molar-refractivity contribution in [1.29, 1.82) is 0 Å². The zero-order chi connectivity index (χ0) is 20.3. The Bertz CT molecular complexity index is 971. The number of hydrogen-bond acceptors (Lipinski definition) is 3. The van der Waals surface area contributed by atoms with Gasteiger partial charge in [0.2, 0.25) is 0 Å². The number of guanidine groups is 1. The lowest BCUT2D eigenvalue weighted by atomic mass is 10.1. The quantitative estimate of drug-likeness (QED) is 0.314. The molecular formula is C21H32IN7. The SMILES string of the molecule is CN=C(NCCn1c(C)nc2ccccc21)N(C)Cc1cn(C)nc1C(C)C.I. The second-order valence-electron chi connectivity index (χ2n) is 7.50. The molecule has 2 heterocycles. The van der Waals surface area contributed by atoms with Crippen molar-refractivity contribution in [2.45, 2.75) is 39.8 Å². The number of benzene rings is 1. The molecule has 0 aliphatic rings. The van der Waals surface area contributed by atoms with Crippen LogP contribution in [0.1, 0.15) is 36.8 Å². The molecule has 0 saturated heterocycles. The molecule has 3 aromatic rings. The van der Waals surface area contributed by atoms with Crippen LogP contribution in [0.3, 0.4) is 0 Å². The molecule has 0 aliphatic carbocycles. The van der Waals surface area contributed by atoms with Gasteiger partial charge in [0.15, 0.2) is 5.96 Å². The summed E-state index contributed by atoms with van der Waals surface area (Å²) in [6.45, 7) is 8.80. The minimum absolute atomic E-state index is 0. The Kier molecular flexibility index (Phi) is 8.06. The molecule has 1 aromatic carbocycles. The van der Waals surface area contributed by atoms with Gasteiger partial charge in [0.05, 0.1) is 16.7 Å². The maximum atomic E-state index is 4.64. The smallest absolute Gasteiger partial charge is 0.193 e. The summed E-state index contributed by atoms with van der Waals surface area (Å²) in [7, 11) is 5.85. The number of aromatic nitrogens is 4. The van der Waals surface area contributed by atoms with E-state index in [1.165, 1.54) is 11.1 Å². The minimum atomic E-state index is 0. The van der Waals surface area contributed by atoms with Crippen molar-refractivity contribution in [3.8, 4) is 0 Å². The van der Waals surface area contributed by atoms with E-state index in [2.05, 4.69) is 82.1 Å². The number of imidazole rings is 1. The van der Waals surface area contributed by atoms with Crippen molar-refractivity contribution in [3.05, 3.63) is 47.5 Å². The first-order valence-corrected chi connectivity index (χ1v) is 9.76. The number of nitrogens with one attached hydrogen (secondary N) is 1. The van der Waals surface area contributed by atoms with E-state index in [4.69, 9.17) is 0 Å². The fraction of sp³-hybridized carbons (Fsp3) is 0.476. The first-order chi connectivity index (χ1) is 13.4. The molecular weight excluding hydrogens is 477 g/mol. The van der Waals surface area contributed by atoms with E-state index in [-0.39, 0.29) is 24.0 Å². The van der Waals surface area contributed by atoms with Gasteiger partial charge in [0.25, 0.3) is 0 Å². The zero-order valence-corrected chi connectivity index (χ0v) is 20.5. The third kappa shape index (κ3) is 5.29. The third-order valence-electron chi connectivity index (χ3n) is 4.93. The summed E-state index contributed by atoms with van der Waals surface area (Å²) >= 11 is 0. The number of hydrogen-bond donors (Lipinski definition) is 1. The average Bonchev–Trinajstić information content (AvgIpc) is 3.18. The van der Waals surface area contributed by atoms with Gasteiger partial charge in [-0.25, -0.2) is 4.98 Å². The summed E-state index contributed by atoms with van der Waals surface area (Å²) < 4.78 is 4.13. The normalized spacial score (nSPS) is 11.8. The zero-order valence-electron chi connectivity index (χ0n) is 18.2. The number of halogens is 1. The second kappa shape index (κ2) is 10.1. The van der Waals surface area contributed by atoms with Crippen LogP contribution in [0.25, 0.3) is 11.0 Å².